The predicted molar refractivity (Wildman–Crippen MR) is 104 cm³/mol. The maximum Gasteiger partial charge on any atom is 0.422 e. The smallest absolute Gasteiger partial charge is 0.422 e. The molecule has 0 aliphatic carbocycles. The van der Waals surface area contributed by atoms with Gasteiger partial charge in [0.05, 0.1) is 5.88 Å². The number of nitrogens with zero attached hydrogens (tertiary/aromatic N) is 1. The maximum atomic E-state index is 12.6. The lowest BCUT2D eigenvalue weighted by Gasteiger charge is -2.23. The van der Waals surface area contributed by atoms with Gasteiger partial charge in [-0.05, 0) is 29.8 Å². The molecule has 3 rings (SSSR count). The van der Waals surface area contributed by atoms with Crippen molar-refractivity contribution < 1.29 is 27.5 Å². The highest BCUT2D eigenvalue weighted by molar-refractivity contribution is 7.99. The van der Waals surface area contributed by atoms with E-state index in [2.05, 4.69) is 10.1 Å². The summed E-state index contributed by atoms with van der Waals surface area (Å²) < 4.78 is 41.2. The van der Waals surface area contributed by atoms with Crippen LogP contribution in [0.15, 0.2) is 54.6 Å². The molecule has 1 saturated heterocycles. The van der Waals surface area contributed by atoms with Crippen molar-refractivity contribution in [2.45, 2.75) is 18.8 Å². The third-order valence-electron chi connectivity index (χ3n) is 4.26. The van der Waals surface area contributed by atoms with Crippen molar-refractivity contribution in [1.29, 1.82) is 0 Å². The van der Waals surface area contributed by atoms with Crippen LogP contribution in [0.5, 0.6) is 5.75 Å². The van der Waals surface area contributed by atoms with E-state index in [0.717, 1.165) is 0 Å². The Labute approximate surface area is 170 Å². The van der Waals surface area contributed by atoms with Crippen molar-refractivity contribution in [1.82, 2.24) is 10.2 Å². The number of hydrogen-bond acceptors (Lipinski definition) is 4. The molecule has 0 saturated carbocycles. The summed E-state index contributed by atoms with van der Waals surface area (Å²) in [7, 11) is 0. The molecule has 1 unspecified atom stereocenters. The SMILES string of the molecule is O=C(NCc1ccc(OCC(F)(F)F)cc1)C1CSCN1C(=O)c1ccccc1. The molecule has 2 amide bonds. The van der Waals surface area contributed by atoms with Crippen LogP contribution in [0.3, 0.4) is 0 Å². The highest BCUT2D eigenvalue weighted by Crippen LogP contribution is 2.24. The highest BCUT2D eigenvalue weighted by atomic mass is 32.2. The lowest BCUT2D eigenvalue weighted by atomic mass is 10.1. The van der Waals surface area contributed by atoms with Crippen molar-refractivity contribution >= 4 is 23.6 Å². The fourth-order valence-corrected chi connectivity index (χ4v) is 3.94. The van der Waals surface area contributed by atoms with Crippen molar-refractivity contribution in [2.24, 2.45) is 0 Å². The molecular weight excluding hydrogens is 405 g/mol. The summed E-state index contributed by atoms with van der Waals surface area (Å²) in [5, 5.41) is 2.79. The van der Waals surface area contributed by atoms with E-state index in [0.29, 0.717) is 22.8 Å². The summed E-state index contributed by atoms with van der Waals surface area (Å²) in [6.07, 6.45) is -4.39. The number of hydrogen-bond donors (Lipinski definition) is 1. The number of amides is 2. The normalized spacial score (nSPS) is 16.5. The molecule has 29 heavy (non-hydrogen) atoms. The number of benzene rings is 2. The Kier molecular flexibility index (Phi) is 6.68. The molecule has 2 aromatic carbocycles. The molecule has 0 radical (unpaired) electrons. The lowest BCUT2D eigenvalue weighted by molar-refractivity contribution is -0.153. The van der Waals surface area contributed by atoms with Crippen molar-refractivity contribution in [3.8, 4) is 5.75 Å². The van der Waals surface area contributed by atoms with Gasteiger partial charge in [-0.15, -0.1) is 11.8 Å². The Morgan fingerprint density at radius 3 is 2.45 bits per heavy atom. The van der Waals surface area contributed by atoms with Gasteiger partial charge < -0.3 is 15.0 Å². The van der Waals surface area contributed by atoms with E-state index >= 15 is 0 Å². The largest absolute Gasteiger partial charge is 0.484 e. The number of carbonyl (C=O) groups is 2. The lowest BCUT2D eigenvalue weighted by Crippen LogP contribution is -2.47. The Morgan fingerprint density at radius 2 is 1.79 bits per heavy atom. The first-order chi connectivity index (χ1) is 13.8. The first-order valence-corrected chi connectivity index (χ1v) is 9.99. The Morgan fingerprint density at radius 1 is 1.10 bits per heavy atom. The van der Waals surface area contributed by atoms with Crippen LogP contribution < -0.4 is 10.1 Å². The number of rotatable bonds is 6. The van der Waals surface area contributed by atoms with Gasteiger partial charge in [0.15, 0.2) is 6.61 Å². The number of carbonyl (C=O) groups excluding carboxylic acids is 2. The zero-order valence-corrected chi connectivity index (χ0v) is 16.1. The minimum atomic E-state index is -4.39. The van der Waals surface area contributed by atoms with Gasteiger partial charge in [-0.25, -0.2) is 0 Å². The van der Waals surface area contributed by atoms with Crippen molar-refractivity contribution in [3.05, 3.63) is 65.7 Å². The number of halogens is 3. The molecule has 1 aliphatic rings. The van der Waals surface area contributed by atoms with Crippen molar-refractivity contribution in [2.75, 3.05) is 18.2 Å². The molecule has 0 aromatic heterocycles. The van der Waals surface area contributed by atoms with E-state index in [1.165, 1.54) is 23.9 Å². The molecule has 154 valence electrons. The van der Waals surface area contributed by atoms with Gasteiger partial charge in [-0.3, -0.25) is 9.59 Å². The van der Waals surface area contributed by atoms with Gasteiger partial charge >= 0.3 is 6.18 Å². The van der Waals surface area contributed by atoms with Gasteiger partial charge in [-0.2, -0.15) is 13.2 Å². The average molecular weight is 424 g/mol. The molecule has 1 heterocycles. The zero-order valence-electron chi connectivity index (χ0n) is 15.3. The minimum Gasteiger partial charge on any atom is -0.484 e. The van der Waals surface area contributed by atoms with Gasteiger partial charge in [0.25, 0.3) is 5.91 Å². The molecule has 1 atom stereocenters. The second-order valence-electron chi connectivity index (χ2n) is 6.42. The van der Waals surface area contributed by atoms with Crippen LogP contribution >= 0.6 is 11.8 Å². The quantitative estimate of drug-likeness (QED) is 0.772. The van der Waals surface area contributed by atoms with Crippen LogP contribution in [0.4, 0.5) is 13.2 Å². The predicted octanol–water partition coefficient (Wildman–Crippen LogP) is 3.46. The Hall–Kier alpha value is -2.68. The molecule has 1 fully saturated rings. The minimum absolute atomic E-state index is 0.101. The van der Waals surface area contributed by atoms with Gasteiger partial charge in [0.2, 0.25) is 5.91 Å². The summed E-state index contributed by atoms with van der Waals surface area (Å²) in [4.78, 5) is 26.8. The van der Waals surface area contributed by atoms with E-state index in [4.69, 9.17) is 0 Å². The molecule has 9 heteroatoms. The van der Waals surface area contributed by atoms with E-state index < -0.39 is 18.8 Å². The molecule has 1 N–H and O–H groups in total. The summed E-state index contributed by atoms with van der Waals surface area (Å²) in [6, 6.07) is 14.2. The van der Waals surface area contributed by atoms with E-state index in [1.54, 1.807) is 41.3 Å². The van der Waals surface area contributed by atoms with Crippen molar-refractivity contribution in [3.63, 3.8) is 0 Å². The van der Waals surface area contributed by atoms with E-state index in [9.17, 15) is 22.8 Å². The summed E-state index contributed by atoms with van der Waals surface area (Å²) in [6.45, 7) is -1.15. The number of ether oxygens (including phenoxy) is 1. The first kappa shape index (κ1) is 21.0. The fourth-order valence-electron chi connectivity index (χ4n) is 2.78. The fraction of sp³-hybridized carbons (Fsp3) is 0.300. The van der Waals surface area contributed by atoms with E-state index in [-0.39, 0.29) is 24.1 Å². The van der Waals surface area contributed by atoms with Crippen LogP contribution in [-0.4, -0.2) is 47.2 Å². The molecule has 2 aromatic rings. The maximum absolute atomic E-state index is 12.6. The summed E-state index contributed by atoms with van der Waals surface area (Å²) in [5.74, 6) is 0.592. The van der Waals surface area contributed by atoms with Gasteiger partial charge in [0, 0.05) is 17.9 Å². The van der Waals surface area contributed by atoms with Gasteiger partial charge in [0.1, 0.15) is 11.8 Å². The van der Waals surface area contributed by atoms with Gasteiger partial charge in [-0.1, -0.05) is 30.3 Å². The Bertz CT molecular complexity index is 844. The topological polar surface area (TPSA) is 58.6 Å². The number of alkyl halides is 3. The summed E-state index contributed by atoms with van der Waals surface area (Å²) >= 11 is 1.51. The third-order valence-corrected chi connectivity index (χ3v) is 5.27. The monoisotopic (exact) mass is 424 g/mol. The number of nitrogens with one attached hydrogen (secondary N) is 1. The van der Waals surface area contributed by atoms with Crippen LogP contribution in [0.1, 0.15) is 15.9 Å². The molecular formula is C20H19F3N2O3S. The standard InChI is InChI=1S/C20H19F3N2O3S/c21-20(22,23)12-28-16-8-6-14(7-9-16)10-24-18(26)17-11-29-13-25(17)19(27)15-4-2-1-3-5-15/h1-9,17H,10-13H2,(H,24,26). The number of thioether (sulfide) groups is 1. The first-order valence-electron chi connectivity index (χ1n) is 8.83. The van der Waals surface area contributed by atoms with E-state index in [1.807, 2.05) is 6.07 Å². The highest BCUT2D eigenvalue weighted by Gasteiger charge is 2.35. The molecule has 1 aliphatic heterocycles. The summed E-state index contributed by atoms with van der Waals surface area (Å²) in [5.41, 5.74) is 1.24. The second-order valence-corrected chi connectivity index (χ2v) is 7.42. The van der Waals surface area contributed by atoms with Crippen LogP contribution in [0.2, 0.25) is 0 Å². The van der Waals surface area contributed by atoms with Crippen LogP contribution in [-0.2, 0) is 11.3 Å². The zero-order chi connectivity index (χ0) is 20.9. The average Bonchev–Trinajstić information content (AvgIpc) is 3.21. The van der Waals surface area contributed by atoms with Crippen LogP contribution in [0, 0.1) is 0 Å². The Balaban J connectivity index is 1.54. The molecule has 0 spiro atoms. The molecule has 0 bridgehead atoms. The second kappa shape index (κ2) is 9.21. The van der Waals surface area contributed by atoms with Crippen LogP contribution in [0.25, 0.3) is 0 Å². The molecule has 5 nitrogen and oxygen atoms in total. The third kappa shape index (κ3) is 5.90.